The summed E-state index contributed by atoms with van der Waals surface area (Å²) < 4.78 is 2.62. The molecular formula is C59H37NS. The lowest BCUT2D eigenvalue weighted by molar-refractivity contribution is 0.793. The monoisotopic (exact) mass is 791 g/mol. The second-order valence-electron chi connectivity index (χ2n) is 16.3. The Morgan fingerprint density at radius 3 is 1.49 bits per heavy atom. The molecule has 0 saturated heterocycles. The summed E-state index contributed by atoms with van der Waals surface area (Å²) in [6.07, 6.45) is 0. The van der Waals surface area contributed by atoms with Gasteiger partial charge in [-0.25, -0.2) is 0 Å². The van der Waals surface area contributed by atoms with Crippen molar-refractivity contribution in [1.82, 2.24) is 0 Å². The van der Waals surface area contributed by atoms with Crippen molar-refractivity contribution in [3.8, 4) is 44.5 Å². The van der Waals surface area contributed by atoms with Crippen LogP contribution in [0.3, 0.4) is 0 Å². The van der Waals surface area contributed by atoms with Crippen LogP contribution in [0.15, 0.2) is 224 Å². The number of nitrogens with zero attached hydrogens (tertiary/aromatic N) is 1. The molecule has 1 spiro atoms. The van der Waals surface area contributed by atoms with Gasteiger partial charge in [0, 0.05) is 42.3 Å². The molecule has 0 N–H and O–H groups in total. The molecule has 2 heteroatoms. The SMILES string of the molecule is c1ccc(-c2ccc(N(c3ccc4c(c3)C3(c5ccccc5-c5ccccc53)c3ccccc3-4)c3cc4c(sc5cccc(-c6ccccc6)c54)c4ccccc34)cc2)cc1. The van der Waals surface area contributed by atoms with E-state index in [-0.39, 0.29) is 0 Å². The van der Waals surface area contributed by atoms with Crippen LogP contribution in [0.1, 0.15) is 22.3 Å². The molecule has 61 heavy (non-hydrogen) atoms. The highest BCUT2D eigenvalue weighted by atomic mass is 32.1. The van der Waals surface area contributed by atoms with Gasteiger partial charge in [-0.05, 0) is 103 Å². The molecule has 2 aliphatic rings. The molecular weight excluding hydrogens is 755 g/mol. The third-order valence-electron chi connectivity index (χ3n) is 13.3. The van der Waals surface area contributed by atoms with Crippen LogP contribution in [0.2, 0.25) is 0 Å². The molecule has 2 aliphatic carbocycles. The van der Waals surface area contributed by atoms with E-state index < -0.39 is 5.41 Å². The lowest BCUT2D eigenvalue weighted by Gasteiger charge is -2.32. The fourth-order valence-corrected chi connectivity index (χ4v) is 12.0. The van der Waals surface area contributed by atoms with Crippen molar-refractivity contribution in [3.05, 3.63) is 247 Å². The van der Waals surface area contributed by atoms with Gasteiger partial charge in [-0.15, -0.1) is 11.3 Å². The van der Waals surface area contributed by atoms with Gasteiger partial charge in [-0.1, -0.05) is 188 Å². The normalized spacial score (nSPS) is 13.0. The molecule has 0 bridgehead atoms. The molecule has 284 valence electrons. The molecule has 1 nitrogen and oxygen atoms in total. The number of anilines is 3. The van der Waals surface area contributed by atoms with E-state index in [4.69, 9.17) is 0 Å². The largest absolute Gasteiger partial charge is 0.310 e. The van der Waals surface area contributed by atoms with Gasteiger partial charge < -0.3 is 4.90 Å². The van der Waals surface area contributed by atoms with E-state index in [1.54, 1.807) is 0 Å². The fourth-order valence-electron chi connectivity index (χ4n) is 10.8. The zero-order chi connectivity index (χ0) is 40.1. The molecule has 0 saturated carbocycles. The average molecular weight is 792 g/mol. The predicted molar refractivity (Wildman–Crippen MR) is 259 cm³/mol. The number of hydrogen-bond donors (Lipinski definition) is 0. The quantitative estimate of drug-likeness (QED) is 0.168. The topological polar surface area (TPSA) is 3.24 Å². The maximum absolute atomic E-state index is 2.52. The maximum atomic E-state index is 2.52. The zero-order valence-electron chi connectivity index (χ0n) is 33.2. The summed E-state index contributed by atoms with van der Waals surface area (Å²) in [5.74, 6) is 0. The van der Waals surface area contributed by atoms with Gasteiger partial charge in [-0.3, -0.25) is 0 Å². The van der Waals surface area contributed by atoms with Gasteiger partial charge in [0.1, 0.15) is 0 Å². The minimum Gasteiger partial charge on any atom is -0.310 e. The molecule has 11 aromatic rings. The van der Waals surface area contributed by atoms with Crippen LogP contribution in [0.5, 0.6) is 0 Å². The van der Waals surface area contributed by atoms with Crippen LogP contribution >= 0.6 is 11.3 Å². The Kier molecular flexibility index (Phi) is 7.46. The minimum absolute atomic E-state index is 0.446. The Bertz CT molecular complexity index is 3460. The van der Waals surface area contributed by atoms with Crippen molar-refractivity contribution in [1.29, 1.82) is 0 Å². The van der Waals surface area contributed by atoms with E-state index in [1.807, 2.05) is 11.3 Å². The predicted octanol–water partition coefficient (Wildman–Crippen LogP) is 16.4. The van der Waals surface area contributed by atoms with Crippen LogP contribution < -0.4 is 4.90 Å². The van der Waals surface area contributed by atoms with Crippen LogP contribution in [-0.4, -0.2) is 0 Å². The van der Waals surface area contributed by atoms with E-state index in [9.17, 15) is 0 Å². The smallest absolute Gasteiger partial charge is 0.0726 e. The first kappa shape index (κ1) is 34.4. The standard InChI is InChI=1S/C59H37NS/c1-3-16-38(17-4-1)39-30-32-41(33-31-39)60(55-37-50-57-43(40-18-5-2-6-19-40)25-15-29-56(57)61-58(50)49-24-8-7-23-48(49)55)42-34-35-47-46-22-11-14-28-53(46)59(54(47)36-42)51-26-12-9-20-44(51)45-21-10-13-27-52(45)59/h1-37H. The van der Waals surface area contributed by atoms with Crippen LogP contribution in [0.4, 0.5) is 17.1 Å². The molecule has 13 rings (SSSR count). The van der Waals surface area contributed by atoms with Gasteiger partial charge >= 0.3 is 0 Å². The van der Waals surface area contributed by atoms with Crippen molar-refractivity contribution in [3.63, 3.8) is 0 Å². The van der Waals surface area contributed by atoms with Crippen LogP contribution in [0, 0.1) is 0 Å². The van der Waals surface area contributed by atoms with Crippen molar-refractivity contribution in [2.24, 2.45) is 0 Å². The molecule has 10 aromatic carbocycles. The van der Waals surface area contributed by atoms with E-state index in [0.717, 1.165) is 17.1 Å². The van der Waals surface area contributed by atoms with Crippen molar-refractivity contribution < 1.29 is 0 Å². The van der Waals surface area contributed by atoms with E-state index in [2.05, 4.69) is 229 Å². The van der Waals surface area contributed by atoms with Gasteiger partial charge in [0.25, 0.3) is 0 Å². The lowest BCUT2D eigenvalue weighted by atomic mass is 9.70. The summed E-state index contributed by atoms with van der Waals surface area (Å²) >= 11 is 1.90. The Balaban J connectivity index is 1.11. The molecule has 0 atom stereocenters. The molecule has 0 aliphatic heterocycles. The lowest BCUT2D eigenvalue weighted by Crippen LogP contribution is -2.26. The van der Waals surface area contributed by atoms with Gasteiger partial charge in [0.2, 0.25) is 0 Å². The Hall–Kier alpha value is -7.52. The highest BCUT2D eigenvalue weighted by Gasteiger charge is 2.51. The molecule has 0 amide bonds. The highest BCUT2D eigenvalue weighted by Crippen LogP contribution is 2.63. The van der Waals surface area contributed by atoms with Crippen LogP contribution in [-0.2, 0) is 5.41 Å². The first-order valence-corrected chi connectivity index (χ1v) is 21.9. The molecule has 0 radical (unpaired) electrons. The highest BCUT2D eigenvalue weighted by molar-refractivity contribution is 7.26. The number of hydrogen-bond acceptors (Lipinski definition) is 2. The van der Waals surface area contributed by atoms with E-state index in [1.165, 1.54) is 97.7 Å². The molecule has 1 aromatic heterocycles. The average Bonchev–Trinajstić information content (AvgIpc) is 3.97. The van der Waals surface area contributed by atoms with Crippen molar-refractivity contribution >= 4 is 59.3 Å². The summed E-state index contributed by atoms with van der Waals surface area (Å²) in [6.45, 7) is 0. The third-order valence-corrected chi connectivity index (χ3v) is 14.5. The molecule has 1 heterocycles. The zero-order valence-corrected chi connectivity index (χ0v) is 34.0. The summed E-state index contributed by atoms with van der Waals surface area (Å²) in [7, 11) is 0. The summed E-state index contributed by atoms with van der Waals surface area (Å²) in [5.41, 5.74) is 18.5. The van der Waals surface area contributed by atoms with Crippen molar-refractivity contribution in [2.75, 3.05) is 4.90 Å². The van der Waals surface area contributed by atoms with Crippen molar-refractivity contribution in [2.45, 2.75) is 5.41 Å². The number of rotatable bonds is 5. The fraction of sp³-hybridized carbons (Fsp3) is 0.0169. The Morgan fingerprint density at radius 2 is 0.836 bits per heavy atom. The summed E-state index contributed by atoms with van der Waals surface area (Å²) in [4.78, 5) is 2.52. The number of fused-ring (bicyclic) bond motifs is 15. The first-order chi connectivity index (χ1) is 30.3. The number of benzene rings is 10. The second-order valence-corrected chi connectivity index (χ2v) is 17.4. The number of thiophene rings is 1. The van der Waals surface area contributed by atoms with Gasteiger partial charge in [-0.2, -0.15) is 0 Å². The van der Waals surface area contributed by atoms with Gasteiger partial charge in [0.15, 0.2) is 0 Å². The Labute approximate surface area is 359 Å². The van der Waals surface area contributed by atoms with Crippen LogP contribution in [0.25, 0.3) is 75.5 Å². The molecule has 0 fully saturated rings. The van der Waals surface area contributed by atoms with Gasteiger partial charge in [0.05, 0.1) is 11.1 Å². The summed E-state index contributed by atoms with van der Waals surface area (Å²) in [6, 6.07) is 83.5. The minimum atomic E-state index is -0.446. The third kappa shape index (κ3) is 4.88. The maximum Gasteiger partial charge on any atom is 0.0726 e. The van der Waals surface area contributed by atoms with E-state index >= 15 is 0 Å². The van der Waals surface area contributed by atoms with E-state index in [0.29, 0.717) is 0 Å². The molecule has 0 unspecified atom stereocenters. The second kappa shape index (κ2) is 13.2. The first-order valence-electron chi connectivity index (χ1n) is 21.1. The Morgan fingerprint density at radius 1 is 0.328 bits per heavy atom. The summed E-state index contributed by atoms with van der Waals surface area (Å²) in [5, 5.41) is 5.08.